The van der Waals surface area contributed by atoms with Crippen LogP contribution in [0.3, 0.4) is 0 Å². The molecular formula is C20H24N2O4S. The topological polar surface area (TPSA) is 86.7 Å². The number of aromatic hydroxyl groups is 1. The summed E-state index contributed by atoms with van der Waals surface area (Å²) in [7, 11) is -3.66. The third kappa shape index (κ3) is 4.31. The minimum Gasteiger partial charge on any atom is -0.506 e. The zero-order valence-corrected chi connectivity index (χ0v) is 16.2. The number of rotatable bonds is 4. The van der Waals surface area contributed by atoms with Crippen LogP contribution in [0.4, 0.5) is 5.69 Å². The number of anilines is 1. The zero-order valence-electron chi connectivity index (χ0n) is 15.4. The standard InChI is InChI=1S/C20H24N2O4S/c1-14-10-15(2)13-22(12-14)27(25,26)17-7-5-6-16(11-17)20(24)21-18-8-3-4-9-19(18)23/h3-9,11,14-15,23H,10,12-13H2,1-2H3,(H,21,24). The monoisotopic (exact) mass is 388 g/mol. The first-order valence-corrected chi connectivity index (χ1v) is 10.4. The first-order valence-electron chi connectivity index (χ1n) is 8.97. The van der Waals surface area contributed by atoms with Gasteiger partial charge in [-0.25, -0.2) is 8.42 Å². The molecule has 1 aliphatic heterocycles. The number of nitrogens with one attached hydrogen (secondary N) is 1. The summed E-state index contributed by atoms with van der Waals surface area (Å²) < 4.78 is 27.5. The molecule has 3 rings (SSSR count). The number of nitrogens with zero attached hydrogens (tertiary/aromatic N) is 1. The van der Waals surface area contributed by atoms with Crippen molar-refractivity contribution in [3.63, 3.8) is 0 Å². The fourth-order valence-electron chi connectivity index (χ4n) is 3.52. The molecule has 2 N–H and O–H groups in total. The van der Waals surface area contributed by atoms with E-state index in [2.05, 4.69) is 5.32 Å². The SMILES string of the molecule is CC1CC(C)CN(S(=O)(=O)c2cccc(C(=O)Nc3ccccc3O)c2)C1. The molecule has 1 fully saturated rings. The first-order chi connectivity index (χ1) is 12.8. The highest BCUT2D eigenvalue weighted by molar-refractivity contribution is 7.89. The Kier molecular flexibility index (Phi) is 5.53. The Morgan fingerprint density at radius 3 is 2.41 bits per heavy atom. The predicted molar refractivity (Wildman–Crippen MR) is 104 cm³/mol. The molecule has 0 bridgehead atoms. The second-order valence-corrected chi connectivity index (χ2v) is 9.21. The van der Waals surface area contributed by atoms with Gasteiger partial charge in [0.05, 0.1) is 10.6 Å². The van der Waals surface area contributed by atoms with Crippen molar-refractivity contribution >= 4 is 21.6 Å². The third-order valence-electron chi connectivity index (χ3n) is 4.72. The van der Waals surface area contributed by atoms with E-state index in [4.69, 9.17) is 0 Å². The second-order valence-electron chi connectivity index (χ2n) is 7.27. The van der Waals surface area contributed by atoms with Crippen LogP contribution in [0.2, 0.25) is 0 Å². The molecule has 2 unspecified atom stereocenters. The van der Waals surface area contributed by atoms with Crippen LogP contribution in [0.25, 0.3) is 0 Å². The molecule has 0 aromatic heterocycles. The Bertz CT molecular complexity index is 933. The van der Waals surface area contributed by atoms with E-state index in [1.54, 1.807) is 30.3 Å². The van der Waals surface area contributed by atoms with Gasteiger partial charge in [-0.1, -0.05) is 32.0 Å². The summed E-state index contributed by atoms with van der Waals surface area (Å²) in [5, 5.41) is 12.4. The molecule has 1 heterocycles. The molecule has 1 saturated heterocycles. The van der Waals surface area contributed by atoms with E-state index in [0.717, 1.165) is 6.42 Å². The van der Waals surface area contributed by atoms with Crippen molar-refractivity contribution in [1.29, 1.82) is 0 Å². The Hall–Kier alpha value is -2.38. The van der Waals surface area contributed by atoms with Crippen molar-refractivity contribution in [3.8, 4) is 5.75 Å². The van der Waals surface area contributed by atoms with Crippen molar-refractivity contribution < 1.29 is 18.3 Å². The number of phenols is 1. The Balaban J connectivity index is 1.84. The molecule has 0 spiro atoms. The molecule has 0 aliphatic carbocycles. The number of phenolic OH excluding ortho intramolecular Hbond substituents is 1. The number of hydrogen-bond acceptors (Lipinski definition) is 4. The zero-order chi connectivity index (χ0) is 19.6. The summed E-state index contributed by atoms with van der Waals surface area (Å²) in [5.74, 6) is 0.0759. The molecule has 7 heteroatoms. The maximum absolute atomic E-state index is 13.0. The third-order valence-corrected chi connectivity index (χ3v) is 6.55. The lowest BCUT2D eigenvalue weighted by atomic mass is 9.94. The van der Waals surface area contributed by atoms with Gasteiger partial charge in [-0.15, -0.1) is 0 Å². The van der Waals surface area contributed by atoms with Crippen LogP contribution in [-0.2, 0) is 10.0 Å². The summed E-state index contributed by atoms with van der Waals surface area (Å²) in [6.45, 7) is 5.07. The van der Waals surface area contributed by atoms with Gasteiger partial charge in [-0.3, -0.25) is 4.79 Å². The molecule has 2 aromatic rings. The van der Waals surface area contributed by atoms with Crippen LogP contribution in [-0.4, -0.2) is 36.8 Å². The Morgan fingerprint density at radius 1 is 1.07 bits per heavy atom. The van der Waals surface area contributed by atoms with E-state index in [1.807, 2.05) is 13.8 Å². The van der Waals surface area contributed by atoms with E-state index in [-0.39, 0.29) is 21.9 Å². The average molecular weight is 388 g/mol. The molecule has 0 saturated carbocycles. The Morgan fingerprint density at radius 2 is 1.74 bits per heavy atom. The minimum atomic E-state index is -3.66. The molecule has 6 nitrogen and oxygen atoms in total. The second kappa shape index (κ2) is 7.70. The van der Waals surface area contributed by atoms with E-state index in [1.165, 1.54) is 22.5 Å². The van der Waals surface area contributed by atoms with Crippen LogP contribution in [0.5, 0.6) is 5.75 Å². The number of hydrogen-bond donors (Lipinski definition) is 2. The van der Waals surface area contributed by atoms with Gasteiger partial charge < -0.3 is 10.4 Å². The number of amides is 1. The number of carbonyl (C=O) groups excluding carboxylic acids is 1. The normalized spacial score (nSPS) is 21.0. The van der Waals surface area contributed by atoms with Crippen molar-refractivity contribution in [3.05, 3.63) is 54.1 Å². The Labute approximate surface area is 159 Å². The number of benzene rings is 2. The van der Waals surface area contributed by atoms with Crippen molar-refractivity contribution in [1.82, 2.24) is 4.31 Å². The summed E-state index contributed by atoms with van der Waals surface area (Å²) in [4.78, 5) is 12.6. The highest BCUT2D eigenvalue weighted by Crippen LogP contribution is 2.27. The van der Waals surface area contributed by atoms with Gasteiger partial charge in [0, 0.05) is 18.7 Å². The lowest BCUT2D eigenvalue weighted by molar-refractivity contribution is 0.102. The maximum atomic E-state index is 13.0. The lowest BCUT2D eigenvalue weighted by Crippen LogP contribution is -2.42. The predicted octanol–water partition coefficient (Wildman–Crippen LogP) is 3.31. The van der Waals surface area contributed by atoms with Crippen molar-refractivity contribution in [2.24, 2.45) is 11.8 Å². The molecular weight excluding hydrogens is 364 g/mol. The smallest absolute Gasteiger partial charge is 0.255 e. The number of piperidine rings is 1. The van der Waals surface area contributed by atoms with Crippen molar-refractivity contribution in [2.75, 3.05) is 18.4 Å². The molecule has 2 atom stereocenters. The molecule has 144 valence electrons. The quantitative estimate of drug-likeness (QED) is 0.787. The van der Waals surface area contributed by atoms with Crippen LogP contribution in [0.1, 0.15) is 30.6 Å². The highest BCUT2D eigenvalue weighted by Gasteiger charge is 2.32. The number of carbonyl (C=O) groups is 1. The van der Waals surface area contributed by atoms with Gasteiger partial charge in [-0.05, 0) is 48.6 Å². The van der Waals surface area contributed by atoms with Crippen LogP contribution >= 0.6 is 0 Å². The molecule has 27 heavy (non-hydrogen) atoms. The summed E-state index contributed by atoms with van der Waals surface area (Å²) >= 11 is 0. The van der Waals surface area contributed by atoms with Gasteiger partial charge in [0.1, 0.15) is 5.75 Å². The maximum Gasteiger partial charge on any atom is 0.255 e. The minimum absolute atomic E-state index is 0.0501. The van der Waals surface area contributed by atoms with Gasteiger partial charge in [0.15, 0.2) is 0 Å². The summed E-state index contributed by atoms with van der Waals surface area (Å²) in [6.07, 6.45) is 1.01. The van der Waals surface area contributed by atoms with E-state index < -0.39 is 15.9 Å². The van der Waals surface area contributed by atoms with Gasteiger partial charge >= 0.3 is 0 Å². The van der Waals surface area contributed by atoms with Gasteiger partial charge in [-0.2, -0.15) is 4.31 Å². The fourth-order valence-corrected chi connectivity index (χ4v) is 5.25. The number of sulfonamides is 1. The highest BCUT2D eigenvalue weighted by atomic mass is 32.2. The van der Waals surface area contributed by atoms with Gasteiger partial charge in [0.2, 0.25) is 10.0 Å². The molecule has 1 amide bonds. The van der Waals surface area contributed by atoms with E-state index in [0.29, 0.717) is 24.9 Å². The lowest BCUT2D eigenvalue weighted by Gasteiger charge is -2.34. The van der Waals surface area contributed by atoms with Crippen molar-refractivity contribution in [2.45, 2.75) is 25.2 Å². The molecule has 1 aliphatic rings. The molecule has 0 radical (unpaired) electrons. The fraction of sp³-hybridized carbons (Fsp3) is 0.350. The van der Waals surface area contributed by atoms with Gasteiger partial charge in [0.25, 0.3) is 5.91 Å². The summed E-state index contributed by atoms with van der Waals surface area (Å²) in [5.41, 5.74) is 0.492. The largest absolute Gasteiger partial charge is 0.506 e. The molecule has 2 aromatic carbocycles. The van der Waals surface area contributed by atoms with E-state index >= 15 is 0 Å². The summed E-state index contributed by atoms with van der Waals surface area (Å²) in [6, 6.07) is 12.4. The van der Waals surface area contributed by atoms with Crippen LogP contribution < -0.4 is 5.32 Å². The number of para-hydroxylation sites is 2. The van der Waals surface area contributed by atoms with E-state index in [9.17, 15) is 18.3 Å². The van der Waals surface area contributed by atoms with Crippen LogP contribution in [0, 0.1) is 11.8 Å². The first kappa shape index (κ1) is 19.4. The van der Waals surface area contributed by atoms with Crippen LogP contribution in [0.15, 0.2) is 53.4 Å². The average Bonchev–Trinajstić information content (AvgIpc) is 2.63.